The first-order valence-electron chi connectivity index (χ1n) is 16.6. The molecule has 23 nitrogen and oxygen atoms in total. The van der Waals surface area contributed by atoms with E-state index in [1.165, 1.54) is 19.4 Å². The number of carbonyl (C=O) groups excluding carboxylic acids is 7. The Morgan fingerprint density at radius 2 is 1.32 bits per heavy atom. The number of carboxylic acid groups (broad SMARTS) is 1. The minimum absolute atomic E-state index is 0.0115. The number of aromatic amines is 1. The van der Waals surface area contributed by atoms with Gasteiger partial charge in [0.1, 0.15) is 24.2 Å². The van der Waals surface area contributed by atoms with E-state index in [9.17, 15) is 48.6 Å². The number of aliphatic hydroxyl groups is 1. The lowest BCUT2D eigenvalue weighted by atomic mass is 10.0. The summed E-state index contributed by atoms with van der Waals surface area (Å²) in [6.45, 7) is 2.60. The number of rotatable bonds is 24. The van der Waals surface area contributed by atoms with Gasteiger partial charge in [0, 0.05) is 19.2 Å². The fraction of sp³-hybridized carbons (Fsp3) is 0.600. The van der Waals surface area contributed by atoms with Crippen LogP contribution in [0.1, 0.15) is 45.7 Å². The fourth-order valence-corrected chi connectivity index (χ4v) is 4.54. The van der Waals surface area contributed by atoms with Crippen LogP contribution in [0, 0.1) is 11.3 Å². The van der Waals surface area contributed by atoms with Crippen molar-refractivity contribution >= 4 is 53.3 Å². The van der Waals surface area contributed by atoms with Crippen LogP contribution in [-0.2, 0) is 44.8 Å². The number of carboxylic acids is 1. The van der Waals surface area contributed by atoms with Gasteiger partial charge in [-0.05, 0) is 32.1 Å². The van der Waals surface area contributed by atoms with Crippen LogP contribution >= 0.6 is 0 Å². The van der Waals surface area contributed by atoms with Gasteiger partial charge < -0.3 is 69.2 Å². The average molecular weight is 754 g/mol. The quantitative estimate of drug-likeness (QED) is 0.0266. The number of hydrogen-bond donors (Lipinski definition) is 14. The molecule has 0 saturated carbocycles. The Balaban J connectivity index is 2.90. The van der Waals surface area contributed by atoms with E-state index in [1.54, 1.807) is 13.8 Å². The van der Waals surface area contributed by atoms with Crippen LogP contribution in [0.5, 0.6) is 0 Å². The lowest BCUT2D eigenvalue weighted by Crippen LogP contribution is -2.56. The van der Waals surface area contributed by atoms with Crippen LogP contribution in [0.4, 0.5) is 0 Å². The normalized spacial score (nSPS) is 13.5. The van der Waals surface area contributed by atoms with Crippen molar-refractivity contribution < 1.29 is 48.6 Å². The molecule has 0 fully saturated rings. The van der Waals surface area contributed by atoms with Crippen LogP contribution in [0.2, 0.25) is 0 Å². The highest BCUT2D eigenvalue weighted by molar-refractivity contribution is 5.95. The number of H-pyrrole nitrogens is 1. The van der Waals surface area contributed by atoms with Gasteiger partial charge in [-0.25, -0.2) is 9.78 Å². The third kappa shape index (κ3) is 18.8. The minimum atomic E-state index is -1.41. The van der Waals surface area contributed by atoms with E-state index in [4.69, 9.17) is 16.9 Å². The van der Waals surface area contributed by atoms with E-state index in [-0.39, 0.29) is 44.1 Å². The van der Waals surface area contributed by atoms with Crippen molar-refractivity contribution in [3.05, 3.63) is 18.2 Å². The summed E-state index contributed by atoms with van der Waals surface area (Å²) in [5.41, 5.74) is 10.9. The predicted molar refractivity (Wildman–Crippen MR) is 186 cm³/mol. The number of guanidine groups is 1. The number of hydrogen-bond acceptors (Lipinski definition) is 12. The van der Waals surface area contributed by atoms with Gasteiger partial charge in [0.25, 0.3) is 0 Å². The lowest BCUT2D eigenvalue weighted by Gasteiger charge is -2.22. The summed E-state index contributed by atoms with van der Waals surface area (Å²) in [6, 6.07) is -5.11. The van der Waals surface area contributed by atoms with Crippen molar-refractivity contribution in [2.45, 2.75) is 76.7 Å². The predicted octanol–water partition coefficient (Wildman–Crippen LogP) is -6.03. The third-order valence-corrected chi connectivity index (χ3v) is 7.13. The van der Waals surface area contributed by atoms with Gasteiger partial charge in [-0.3, -0.25) is 39.0 Å². The Kier molecular flexibility index (Phi) is 20.1. The minimum Gasteiger partial charge on any atom is -0.480 e. The van der Waals surface area contributed by atoms with Crippen LogP contribution in [0.25, 0.3) is 0 Å². The fourth-order valence-electron chi connectivity index (χ4n) is 4.54. The highest BCUT2D eigenvalue weighted by Crippen LogP contribution is 2.05. The van der Waals surface area contributed by atoms with Crippen molar-refractivity contribution in [3.63, 3.8) is 0 Å². The van der Waals surface area contributed by atoms with Crippen LogP contribution in [0.15, 0.2) is 12.5 Å². The Morgan fingerprint density at radius 1 is 0.792 bits per heavy atom. The zero-order chi connectivity index (χ0) is 40.1. The molecule has 0 unspecified atom stereocenters. The third-order valence-electron chi connectivity index (χ3n) is 7.13. The first-order valence-corrected chi connectivity index (χ1v) is 16.6. The largest absolute Gasteiger partial charge is 0.480 e. The molecule has 1 heterocycles. The first-order chi connectivity index (χ1) is 24.9. The first kappa shape index (κ1) is 45.2. The van der Waals surface area contributed by atoms with E-state index in [1.807, 2.05) is 0 Å². The summed E-state index contributed by atoms with van der Waals surface area (Å²) in [6.07, 6.45) is 1.73. The van der Waals surface area contributed by atoms with Gasteiger partial charge in [0.05, 0.1) is 44.3 Å². The highest BCUT2D eigenvalue weighted by Gasteiger charge is 2.28. The van der Waals surface area contributed by atoms with Gasteiger partial charge in [0.2, 0.25) is 41.4 Å². The van der Waals surface area contributed by atoms with Gasteiger partial charge >= 0.3 is 5.97 Å². The number of imidazole rings is 1. The molecule has 0 aliphatic heterocycles. The van der Waals surface area contributed by atoms with Gasteiger partial charge in [-0.2, -0.15) is 0 Å². The Bertz CT molecular complexity index is 1420. The molecule has 0 aliphatic carbocycles. The van der Waals surface area contributed by atoms with Crippen LogP contribution in [-0.4, -0.2) is 136 Å². The second kappa shape index (κ2) is 23.6. The molecule has 0 aromatic carbocycles. The number of nitrogens with one attached hydrogen (secondary N) is 10. The summed E-state index contributed by atoms with van der Waals surface area (Å²) >= 11 is 0. The number of nitrogens with zero attached hydrogens (tertiary/aromatic N) is 1. The standard InChI is InChI=1S/C30H51N13O10/c1-15(2)7-20(29(52)53)42-24(48)12-37-27(50)19(8-17-10-34-14-39-17)41-23(47)11-36-26(49)18(5-4-6-35-30(32)33)40-22(46)13-38-28(51)25(16(3)44)43-21(45)9-31/h10,14-16,18-20,25,44H,4-9,11-13,31H2,1-3H3,(H,34,39)(H,36,49)(H,37,50)(H,38,51)(H,40,46)(H,41,47)(H,42,48)(H,43,45)(H,52,53)(H4,32,33,35)/t16-,18+,19+,20+,25+/m1/s1. The van der Waals surface area contributed by atoms with Crippen molar-refractivity contribution in [3.8, 4) is 0 Å². The molecule has 0 radical (unpaired) electrons. The molecular formula is C30H51N13O10. The Morgan fingerprint density at radius 3 is 1.79 bits per heavy atom. The summed E-state index contributed by atoms with van der Waals surface area (Å²) in [7, 11) is 0. The Labute approximate surface area is 304 Å². The number of aliphatic carboxylic acids is 1. The highest BCUT2D eigenvalue weighted by atomic mass is 16.4. The zero-order valence-electron chi connectivity index (χ0n) is 29.7. The molecule has 0 bridgehead atoms. The second-order valence-corrected chi connectivity index (χ2v) is 12.2. The van der Waals surface area contributed by atoms with Crippen LogP contribution in [0.3, 0.4) is 0 Å². The maximum atomic E-state index is 13.1. The van der Waals surface area contributed by atoms with Crippen molar-refractivity contribution in [2.75, 3.05) is 32.7 Å². The Hall–Kier alpha value is -5.84. The summed E-state index contributed by atoms with van der Waals surface area (Å²) in [5, 5.41) is 45.4. The van der Waals surface area contributed by atoms with E-state index in [0.29, 0.717) is 5.69 Å². The molecule has 16 N–H and O–H groups in total. The number of aromatic nitrogens is 2. The molecule has 0 aliphatic rings. The lowest BCUT2D eigenvalue weighted by molar-refractivity contribution is -0.142. The summed E-state index contributed by atoms with van der Waals surface area (Å²) in [4.78, 5) is 106. The molecule has 7 amide bonds. The molecule has 0 spiro atoms. The maximum Gasteiger partial charge on any atom is 0.326 e. The van der Waals surface area contributed by atoms with E-state index in [0.717, 1.165) is 0 Å². The molecule has 1 aromatic rings. The van der Waals surface area contributed by atoms with E-state index >= 15 is 0 Å². The van der Waals surface area contributed by atoms with Gasteiger partial charge in [-0.15, -0.1) is 0 Å². The summed E-state index contributed by atoms with van der Waals surface area (Å²) < 4.78 is 0. The van der Waals surface area contributed by atoms with Gasteiger partial charge in [-0.1, -0.05) is 13.8 Å². The molecule has 1 rings (SSSR count). The smallest absolute Gasteiger partial charge is 0.326 e. The number of nitrogens with two attached hydrogens (primary N) is 2. The van der Waals surface area contributed by atoms with Gasteiger partial charge in [0.15, 0.2) is 5.96 Å². The molecule has 296 valence electrons. The molecule has 53 heavy (non-hydrogen) atoms. The van der Waals surface area contributed by atoms with Crippen LogP contribution < -0.4 is 54.0 Å². The number of aliphatic hydroxyl groups excluding tert-OH is 1. The molecule has 23 heteroatoms. The monoisotopic (exact) mass is 753 g/mol. The molecule has 5 atom stereocenters. The molecule has 1 aromatic heterocycles. The maximum absolute atomic E-state index is 13.1. The van der Waals surface area contributed by atoms with Crippen molar-refractivity contribution in [1.29, 1.82) is 5.41 Å². The second-order valence-electron chi connectivity index (χ2n) is 12.2. The molecule has 0 saturated heterocycles. The van der Waals surface area contributed by atoms with E-state index < -0.39 is 104 Å². The number of amides is 7. The van der Waals surface area contributed by atoms with Crippen molar-refractivity contribution in [1.82, 2.24) is 52.5 Å². The SMILES string of the molecule is CC(C)C[C@H](NC(=O)CNC(=O)[C@H](Cc1c[nH]cn1)NC(=O)CNC(=O)[C@H](CCCNC(=N)N)NC(=O)CNC(=O)[C@@H](NC(=O)CN)[C@@H](C)O)C(=O)O. The molecular weight excluding hydrogens is 702 g/mol. The van der Waals surface area contributed by atoms with E-state index in [2.05, 4.69) is 52.5 Å². The zero-order valence-corrected chi connectivity index (χ0v) is 29.7. The topological polar surface area (TPSA) is 378 Å². The summed E-state index contributed by atoms with van der Waals surface area (Å²) in [5.74, 6) is -7.27. The average Bonchev–Trinajstić information content (AvgIpc) is 3.60. The van der Waals surface area contributed by atoms with Crippen molar-refractivity contribution in [2.24, 2.45) is 17.4 Å². The number of carbonyl (C=O) groups is 8.